The van der Waals surface area contributed by atoms with Crippen LogP contribution in [0.5, 0.6) is 0 Å². The smallest absolute Gasteiger partial charge is 0.262 e. The zero-order chi connectivity index (χ0) is 25.4. The lowest BCUT2D eigenvalue weighted by molar-refractivity contribution is -0.120. The van der Waals surface area contributed by atoms with Crippen molar-refractivity contribution < 1.29 is 14.0 Å². The number of hydrogen-bond acceptors (Lipinski definition) is 5. The lowest BCUT2D eigenvalue weighted by atomic mass is 9.96. The summed E-state index contributed by atoms with van der Waals surface area (Å²) in [7, 11) is 0. The van der Waals surface area contributed by atoms with E-state index in [0.29, 0.717) is 41.9 Å². The van der Waals surface area contributed by atoms with Gasteiger partial charge in [-0.15, -0.1) is 0 Å². The van der Waals surface area contributed by atoms with E-state index in [2.05, 4.69) is 10.3 Å². The highest BCUT2D eigenvalue weighted by Gasteiger charge is 2.20. The maximum absolute atomic E-state index is 13.3. The highest BCUT2D eigenvalue weighted by molar-refractivity contribution is 7.99. The molecule has 186 valence electrons. The summed E-state index contributed by atoms with van der Waals surface area (Å²) in [6.07, 6.45) is 2.42. The van der Waals surface area contributed by atoms with Gasteiger partial charge in [-0.1, -0.05) is 56.3 Å². The van der Waals surface area contributed by atoms with Crippen LogP contribution in [-0.4, -0.2) is 27.1 Å². The number of carbonyl (C=O) groups excluding carboxylic acids is 2. The summed E-state index contributed by atoms with van der Waals surface area (Å²) in [6, 6.07) is 13.0. The van der Waals surface area contributed by atoms with Gasteiger partial charge >= 0.3 is 0 Å². The van der Waals surface area contributed by atoms with Gasteiger partial charge in [0, 0.05) is 13.0 Å². The number of primary amides is 1. The predicted octanol–water partition coefficient (Wildman–Crippen LogP) is 4.19. The lowest BCUT2D eigenvalue weighted by Gasteiger charge is -2.23. The van der Waals surface area contributed by atoms with Gasteiger partial charge in [-0.05, 0) is 48.6 Å². The third kappa shape index (κ3) is 7.39. The van der Waals surface area contributed by atoms with Crippen LogP contribution < -0.4 is 16.6 Å². The Morgan fingerprint density at radius 2 is 1.80 bits per heavy atom. The molecule has 7 nitrogen and oxygen atoms in total. The van der Waals surface area contributed by atoms with E-state index in [1.807, 2.05) is 19.9 Å². The number of fused-ring (bicyclic) bond motifs is 1. The number of amides is 2. The van der Waals surface area contributed by atoms with Gasteiger partial charge in [-0.2, -0.15) is 0 Å². The average molecular weight is 499 g/mol. The van der Waals surface area contributed by atoms with E-state index in [0.717, 1.165) is 12.0 Å². The molecule has 2 aromatic carbocycles. The van der Waals surface area contributed by atoms with Gasteiger partial charge in [0.2, 0.25) is 11.8 Å². The third-order valence-corrected chi connectivity index (χ3v) is 6.65. The Kier molecular flexibility index (Phi) is 9.42. The van der Waals surface area contributed by atoms with Crippen LogP contribution in [0.25, 0.3) is 10.9 Å². The molecule has 1 heterocycles. The van der Waals surface area contributed by atoms with E-state index < -0.39 is 0 Å². The largest absolute Gasteiger partial charge is 0.370 e. The van der Waals surface area contributed by atoms with Crippen LogP contribution in [0.3, 0.4) is 0 Å². The van der Waals surface area contributed by atoms with E-state index in [9.17, 15) is 18.8 Å². The Hall–Kier alpha value is -3.20. The number of nitrogens with two attached hydrogens (primary N) is 1. The van der Waals surface area contributed by atoms with E-state index >= 15 is 0 Å². The number of benzene rings is 2. The number of nitrogens with zero attached hydrogens (tertiary/aromatic N) is 2. The number of unbranched alkanes of at least 4 members (excludes halogenated alkanes) is 2. The number of halogens is 1. The van der Waals surface area contributed by atoms with Gasteiger partial charge in [-0.3, -0.25) is 19.0 Å². The summed E-state index contributed by atoms with van der Waals surface area (Å²) in [6.45, 7) is 4.41. The van der Waals surface area contributed by atoms with Gasteiger partial charge in [0.15, 0.2) is 5.16 Å². The molecule has 3 rings (SSSR count). The molecule has 0 bridgehead atoms. The summed E-state index contributed by atoms with van der Waals surface area (Å²) in [5.74, 6) is -0.679. The zero-order valence-corrected chi connectivity index (χ0v) is 20.8. The fourth-order valence-corrected chi connectivity index (χ4v) is 4.69. The lowest BCUT2D eigenvalue weighted by Crippen LogP contribution is -2.33. The van der Waals surface area contributed by atoms with Crippen molar-refractivity contribution in [1.29, 1.82) is 0 Å². The summed E-state index contributed by atoms with van der Waals surface area (Å²) < 4.78 is 14.9. The van der Waals surface area contributed by atoms with Crippen molar-refractivity contribution >= 4 is 34.5 Å². The van der Waals surface area contributed by atoms with E-state index in [4.69, 9.17) is 5.73 Å². The van der Waals surface area contributed by atoms with E-state index in [1.54, 1.807) is 34.9 Å². The molecule has 35 heavy (non-hydrogen) atoms. The second-order valence-electron chi connectivity index (χ2n) is 8.77. The molecule has 0 saturated heterocycles. The second kappa shape index (κ2) is 12.5. The van der Waals surface area contributed by atoms with Crippen LogP contribution in [0.15, 0.2) is 58.5 Å². The molecule has 1 aromatic heterocycles. The minimum Gasteiger partial charge on any atom is -0.370 e. The van der Waals surface area contributed by atoms with Crippen molar-refractivity contribution in [2.45, 2.75) is 57.3 Å². The monoisotopic (exact) mass is 498 g/mol. The van der Waals surface area contributed by atoms with Crippen molar-refractivity contribution in [2.24, 2.45) is 11.7 Å². The summed E-state index contributed by atoms with van der Waals surface area (Å²) in [5, 5.41) is 4.02. The van der Waals surface area contributed by atoms with E-state index in [1.165, 1.54) is 23.9 Å². The first-order valence-electron chi connectivity index (χ1n) is 11.7. The predicted molar refractivity (Wildman–Crippen MR) is 137 cm³/mol. The molecule has 1 atom stereocenters. The Labute approximate surface area is 208 Å². The van der Waals surface area contributed by atoms with Crippen molar-refractivity contribution in [3.8, 4) is 0 Å². The average Bonchev–Trinajstić information content (AvgIpc) is 2.82. The van der Waals surface area contributed by atoms with Gasteiger partial charge in [-0.25, -0.2) is 9.37 Å². The Morgan fingerprint density at radius 3 is 2.49 bits per heavy atom. The minimum absolute atomic E-state index is 0.0802. The summed E-state index contributed by atoms with van der Waals surface area (Å²) >= 11 is 1.21. The van der Waals surface area contributed by atoms with Gasteiger partial charge < -0.3 is 11.1 Å². The van der Waals surface area contributed by atoms with Crippen molar-refractivity contribution in [3.63, 3.8) is 0 Å². The number of aromatic nitrogens is 2. The summed E-state index contributed by atoms with van der Waals surface area (Å²) in [5.41, 5.74) is 6.46. The van der Waals surface area contributed by atoms with Crippen LogP contribution in [0.1, 0.15) is 51.1 Å². The highest BCUT2D eigenvalue weighted by atomic mass is 32.2. The molecule has 0 aliphatic rings. The number of para-hydroxylation sites is 1. The molecule has 0 saturated carbocycles. The highest BCUT2D eigenvalue weighted by Crippen LogP contribution is 2.23. The first kappa shape index (κ1) is 26.4. The topological polar surface area (TPSA) is 107 Å². The van der Waals surface area contributed by atoms with Crippen LogP contribution in [0, 0.1) is 11.7 Å². The number of nitrogens with one attached hydrogen (secondary N) is 1. The first-order chi connectivity index (χ1) is 16.8. The molecule has 3 N–H and O–H groups in total. The zero-order valence-electron chi connectivity index (χ0n) is 20.0. The minimum atomic E-state index is -0.336. The number of rotatable bonds is 12. The standard InChI is InChI=1S/C26H31FN4O3S/c1-17(2)24(18-11-13-19(27)14-12-18)30-23(33)16-35-26-29-21-9-6-5-8-20(21)25(34)31(26)15-7-3-4-10-22(28)32/h5-6,8-9,11-14,17,24H,3-4,7,10,15-16H2,1-2H3,(H2,28,32)(H,30,33). The van der Waals surface area contributed by atoms with E-state index in [-0.39, 0.29) is 40.9 Å². The molecule has 0 fully saturated rings. The van der Waals surface area contributed by atoms with Crippen LogP contribution in [-0.2, 0) is 16.1 Å². The first-order valence-corrected chi connectivity index (χ1v) is 12.7. The molecule has 1 unspecified atom stereocenters. The molecule has 9 heteroatoms. The third-order valence-electron chi connectivity index (χ3n) is 5.68. The fourth-order valence-electron chi connectivity index (χ4n) is 3.85. The molecule has 0 aliphatic carbocycles. The van der Waals surface area contributed by atoms with Crippen molar-refractivity contribution in [2.75, 3.05) is 5.75 Å². The normalized spacial score (nSPS) is 12.1. The maximum Gasteiger partial charge on any atom is 0.262 e. The number of hydrogen-bond donors (Lipinski definition) is 2. The van der Waals surface area contributed by atoms with Crippen LogP contribution >= 0.6 is 11.8 Å². The number of carbonyl (C=O) groups is 2. The molecule has 0 radical (unpaired) electrons. The number of thioether (sulfide) groups is 1. The SMILES string of the molecule is CC(C)C(NC(=O)CSc1nc2ccccc2c(=O)n1CCCCCC(N)=O)c1ccc(F)cc1. The van der Waals surface area contributed by atoms with Gasteiger partial charge in [0.1, 0.15) is 5.82 Å². The molecule has 0 aliphatic heterocycles. The Morgan fingerprint density at radius 1 is 1.09 bits per heavy atom. The van der Waals surface area contributed by atoms with Crippen molar-refractivity contribution in [1.82, 2.24) is 14.9 Å². The Bertz CT molecular complexity index is 1230. The quantitative estimate of drug-likeness (QED) is 0.221. The van der Waals surface area contributed by atoms with Crippen molar-refractivity contribution in [3.05, 3.63) is 70.3 Å². The van der Waals surface area contributed by atoms with Gasteiger partial charge in [0.25, 0.3) is 5.56 Å². The maximum atomic E-state index is 13.3. The molecular weight excluding hydrogens is 467 g/mol. The molecular formula is C26H31FN4O3S. The summed E-state index contributed by atoms with van der Waals surface area (Å²) in [4.78, 5) is 41.6. The molecule has 0 spiro atoms. The van der Waals surface area contributed by atoms with Gasteiger partial charge in [0.05, 0.1) is 22.7 Å². The molecule has 2 amide bonds. The Balaban J connectivity index is 1.73. The van der Waals surface area contributed by atoms with Crippen LogP contribution in [0.2, 0.25) is 0 Å². The second-order valence-corrected chi connectivity index (χ2v) is 9.72. The molecule has 3 aromatic rings. The van der Waals surface area contributed by atoms with Crippen LogP contribution in [0.4, 0.5) is 4.39 Å². The fraction of sp³-hybridized carbons (Fsp3) is 0.385.